The third-order valence-electron chi connectivity index (χ3n) is 6.59. The van der Waals surface area contributed by atoms with Gasteiger partial charge in [-0.15, -0.1) is 0 Å². The average molecular weight is 584 g/mol. The highest BCUT2D eigenvalue weighted by Crippen LogP contribution is 2.38. The van der Waals surface area contributed by atoms with Crippen molar-refractivity contribution in [1.82, 2.24) is 9.97 Å². The molecular formula is C22H23B14F3N2O2Si. The van der Waals surface area contributed by atoms with Crippen molar-refractivity contribution >= 4 is 137 Å². The van der Waals surface area contributed by atoms with Crippen LogP contribution in [0.4, 0.5) is 13.2 Å². The highest BCUT2D eigenvalue weighted by molar-refractivity contribution is 8.10. The quantitative estimate of drug-likeness (QED) is 0.230. The second kappa shape index (κ2) is 16.6. The number of fused-ring (bicyclic) bond motifs is 2. The summed E-state index contributed by atoms with van der Waals surface area (Å²) in [7, 11) is 41.8. The summed E-state index contributed by atoms with van der Waals surface area (Å²) in [6, 6.07) is 14.0. The molecule has 2 heterocycles. The van der Waals surface area contributed by atoms with E-state index in [9.17, 15) is 18.0 Å². The van der Waals surface area contributed by atoms with E-state index in [0.717, 1.165) is 22.6 Å². The van der Waals surface area contributed by atoms with E-state index in [-0.39, 0.29) is 5.56 Å². The fraction of sp³-hybridized carbons (Fsp3) is 0.227. The molecule has 44 heavy (non-hydrogen) atoms. The predicted molar refractivity (Wildman–Crippen MR) is 196 cm³/mol. The van der Waals surface area contributed by atoms with Gasteiger partial charge in [0.25, 0.3) is 0 Å². The SMILES string of the molecule is C[Si](C)(C)OC(c1ccc2cc[nH]c2c1)C(F)(F)F.O=Cc1ccc2cc[nH]c2c1.[B]B([B])B(B([B])[B])B(B([B])[B])B([B])[B]. The fourth-order valence-corrected chi connectivity index (χ4v) is 5.56. The summed E-state index contributed by atoms with van der Waals surface area (Å²) in [5.41, 5.74) is 2.55. The first-order valence-corrected chi connectivity index (χ1v) is 17.1. The molecule has 4 nitrogen and oxygen atoms in total. The Hall–Kier alpha value is -1.93. The number of alkyl halides is 3. The van der Waals surface area contributed by atoms with E-state index < -0.39 is 58.9 Å². The first kappa shape index (κ1) is 38.2. The van der Waals surface area contributed by atoms with Gasteiger partial charge in [-0.1, -0.05) is 24.3 Å². The van der Waals surface area contributed by atoms with Gasteiger partial charge in [0.05, 0.1) is 0 Å². The molecule has 1 unspecified atom stereocenters. The fourth-order valence-electron chi connectivity index (χ4n) is 4.58. The van der Waals surface area contributed by atoms with Crippen LogP contribution in [0.2, 0.25) is 19.6 Å². The lowest BCUT2D eigenvalue weighted by Crippen LogP contribution is -2.72. The summed E-state index contributed by atoms with van der Waals surface area (Å²) in [4.78, 5) is 16.3. The molecule has 4 aromatic rings. The van der Waals surface area contributed by atoms with E-state index in [1.54, 1.807) is 31.9 Å². The molecule has 0 spiro atoms. The van der Waals surface area contributed by atoms with Gasteiger partial charge >= 0.3 is 6.18 Å². The van der Waals surface area contributed by atoms with E-state index in [0.29, 0.717) is 11.1 Å². The highest BCUT2D eigenvalue weighted by Gasteiger charge is 2.44. The minimum atomic E-state index is -4.40. The van der Waals surface area contributed by atoms with Crippen LogP contribution in [0.5, 0.6) is 0 Å². The number of hydrogen-bond donors (Lipinski definition) is 2. The van der Waals surface area contributed by atoms with Crippen LogP contribution in [0, 0.1) is 0 Å². The largest absolute Gasteiger partial charge is 0.417 e. The van der Waals surface area contributed by atoms with Crippen LogP contribution >= 0.6 is 0 Å². The van der Waals surface area contributed by atoms with Gasteiger partial charge < -0.3 is 14.4 Å². The summed E-state index contributed by atoms with van der Waals surface area (Å²) in [5.74, 6) is 0. The van der Waals surface area contributed by atoms with Crippen molar-refractivity contribution in [3.05, 3.63) is 72.1 Å². The zero-order valence-electron chi connectivity index (χ0n) is 25.0. The molecule has 0 saturated heterocycles. The monoisotopic (exact) mass is 586 g/mol. The molecule has 0 aliphatic heterocycles. The van der Waals surface area contributed by atoms with E-state index in [4.69, 9.17) is 66.3 Å². The maximum Gasteiger partial charge on any atom is 0.417 e. The molecule has 2 aromatic carbocycles. The summed E-state index contributed by atoms with van der Waals surface area (Å²) >= 11 is 0. The second-order valence-electron chi connectivity index (χ2n) is 11.4. The summed E-state index contributed by atoms with van der Waals surface area (Å²) < 4.78 is 44.8. The number of H-pyrrole nitrogens is 2. The maximum absolute atomic E-state index is 13.1. The Morgan fingerprint density at radius 1 is 0.727 bits per heavy atom. The third-order valence-corrected chi connectivity index (χ3v) is 7.53. The van der Waals surface area contributed by atoms with Gasteiger partial charge in [-0.05, 0) is 60.2 Å². The van der Waals surface area contributed by atoms with Crippen LogP contribution < -0.4 is 0 Å². The topological polar surface area (TPSA) is 57.9 Å². The van der Waals surface area contributed by atoms with E-state index >= 15 is 0 Å². The highest BCUT2D eigenvalue weighted by atomic mass is 28.4. The summed E-state index contributed by atoms with van der Waals surface area (Å²) in [6.45, 7) is 5.25. The van der Waals surface area contributed by atoms with Gasteiger partial charge in [0.2, 0.25) is 0 Å². The molecule has 1 atom stereocenters. The molecule has 0 amide bonds. The third kappa shape index (κ3) is 11.5. The molecule has 200 valence electrons. The number of benzene rings is 2. The zero-order chi connectivity index (χ0) is 33.4. The number of nitrogens with one attached hydrogen (secondary N) is 2. The van der Waals surface area contributed by atoms with Crippen molar-refractivity contribution in [2.24, 2.45) is 0 Å². The first-order valence-electron chi connectivity index (χ1n) is 13.7. The van der Waals surface area contributed by atoms with Gasteiger partial charge in [0, 0.05) is 129 Å². The molecule has 2 N–H and O–H groups in total. The van der Waals surface area contributed by atoms with Gasteiger partial charge in [0.15, 0.2) is 14.4 Å². The predicted octanol–water partition coefficient (Wildman–Crippen LogP) is 1.27. The standard InChI is InChI=1S/C13H16F3NOSi.C9H7NO.B14/c1-19(2,3)18-12(13(14,15)16)10-5-4-9-6-7-17-11(9)8-10;11-6-7-1-2-8-3-4-10-9(8)5-7;1-9(2)13(10(3)4)14(11(5)6)12(7)8/h4-8,12,17H,1-3H3;1-6,10H;. The normalized spacial score (nSPS) is 11.8. The molecule has 22 heteroatoms. The van der Waals surface area contributed by atoms with Crippen molar-refractivity contribution in [3.63, 3.8) is 0 Å². The Morgan fingerprint density at radius 3 is 1.55 bits per heavy atom. The lowest BCUT2D eigenvalue weighted by atomic mass is 8.47. The van der Waals surface area contributed by atoms with Crippen LogP contribution in [0.15, 0.2) is 60.9 Å². The second-order valence-corrected chi connectivity index (χ2v) is 15.8. The van der Waals surface area contributed by atoms with Crippen LogP contribution in [-0.4, -0.2) is 131 Å². The van der Waals surface area contributed by atoms with Gasteiger partial charge in [0.1, 0.15) is 6.29 Å². The molecule has 16 radical (unpaired) electrons. The Balaban J connectivity index is 0.000000240. The molecule has 0 aliphatic rings. The first-order chi connectivity index (χ1) is 20.4. The van der Waals surface area contributed by atoms with E-state index in [2.05, 4.69) is 9.97 Å². The van der Waals surface area contributed by atoms with E-state index in [1.807, 2.05) is 36.5 Å². The minimum absolute atomic E-state index is 0.143. The Kier molecular flexibility index (Phi) is 14.4. The van der Waals surface area contributed by atoms with Crippen LogP contribution in [-0.2, 0) is 4.43 Å². The zero-order valence-corrected chi connectivity index (χ0v) is 26.0. The summed E-state index contributed by atoms with van der Waals surface area (Å²) in [6.07, 6.45) is -5.92. The minimum Gasteiger partial charge on any atom is -0.403 e. The number of aldehydes is 1. The molecule has 0 fully saturated rings. The summed E-state index contributed by atoms with van der Waals surface area (Å²) in [5, 5.41) is 2.02. The van der Waals surface area contributed by atoms with Crippen molar-refractivity contribution in [3.8, 4) is 0 Å². The van der Waals surface area contributed by atoms with Crippen molar-refractivity contribution < 1.29 is 22.4 Å². The smallest absolute Gasteiger partial charge is 0.403 e. The number of carbonyl (C=O) groups is 1. The van der Waals surface area contributed by atoms with Gasteiger partial charge in [-0.3, -0.25) is 4.79 Å². The average Bonchev–Trinajstić information content (AvgIpc) is 3.57. The maximum atomic E-state index is 13.1. The van der Waals surface area contributed by atoms with Crippen LogP contribution in [0.1, 0.15) is 22.0 Å². The number of halogens is 3. The molecule has 2 aromatic heterocycles. The Labute approximate surface area is 272 Å². The molecule has 4 rings (SSSR count). The molecular weight excluding hydrogens is 561 g/mol. The number of rotatable bonds is 9. The number of hydrogen-bond acceptors (Lipinski definition) is 2. The number of carbonyl (C=O) groups excluding carboxylic acids is 1. The Morgan fingerprint density at radius 2 is 1.16 bits per heavy atom. The van der Waals surface area contributed by atoms with Gasteiger partial charge in [-0.2, -0.15) is 13.2 Å². The molecule has 0 bridgehead atoms. The lowest BCUT2D eigenvalue weighted by molar-refractivity contribution is -0.200. The van der Waals surface area contributed by atoms with Crippen LogP contribution in [0.3, 0.4) is 0 Å². The molecule has 0 aliphatic carbocycles. The van der Waals surface area contributed by atoms with Crippen LogP contribution in [0.25, 0.3) is 21.8 Å². The van der Waals surface area contributed by atoms with E-state index in [1.165, 1.54) is 12.1 Å². The van der Waals surface area contributed by atoms with Crippen molar-refractivity contribution in [1.29, 1.82) is 0 Å². The lowest BCUT2D eigenvalue weighted by Gasteiger charge is -2.34. The Bertz CT molecular complexity index is 1430. The van der Waals surface area contributed by atoms with Gasteiger partial charge in [-0.25, -0.2) is 0 Å². The molecule has 0 saturated carbocycles. The van der Waals surface area contributed by atoms with Crippen molar-refractivity contribution in [2.75, 3.05) is 0 Å². The number of aromatic amines is 2. The number of aromatic nitrogens is 2. The van der Waals surface area contributed by atoms with Crippen molar-refractivity contribution in [2.45, 2.75) is 31.9 Å².